The highest BCUT2D eigenvalue weighted by molar-refractivity contribution is 6.25. The molecule has 4 rings (SSSR count). The third-order valence-corrected chi connectivity index (χ3v) is 4.70. The molecular formula is C19H18N2. The highest BCUT2D eigenvalue weighted by Crippen LogP contribution is 2.43. The van der Waals surface area contributed by atoms with E-state index in [0.29, 0.717) is 0 Å². The van der Waals surface area contributed by atoms with Crippen molar-refractivity contribution in [3.63, 3.8) is 0 Å². The summed E-state index contributed by atoms with van der Waals surface area (Å²) in [6, 6.07) is 21.3. The molecule has 21 heavy (non-hydrogen) atoms. The SMILES string of the molecule is c1ccc(C2=NN=C3CCCCC32c2ccccc2)cc1. The number of nitrogens with zero attached hydrogens (tertiary/aromatic N) is 2. The van der Waals surface area contributed by atoms with Crippen molar-refractivity contribution in [2.75, 3.05) is 0 Å². The lowest BCUT2D eigenvalue weighted by atomic mass is 9.64. The van der Waals surface area contributed by atoms with E-state index in [0.717, 1.165) is 18.6 Å². The summed E-state index contributed by atoms with van der Waals surface area (Å²) < 4.78 is 0. The number of hydrogen-bond donors (Lipinski definition) is 0. The average molecular weight is 274 g/mol. The first-order valence-corrected chi connectivity index (χ1v) is 7.68. The zero-order valence-electron chi connectivity index (χ0n) is 12.0. The van der Waals surface area contributed by atoms with Crippen LogP contribution in [-0.2, 0) is 5.41 Å². The monoisotopic (exact) mass is 274 g/mol. The van der Waals surface area contributed by atoms with Gasteiger partial charge in [-0.25, -0.2) is 0 Å². The van der Waals surface area contributed by atoms with Crippen molar-refractivity contribution in [2.45, 2.75) is 31.1 Å². The summed E-state index contributed by atoms with van der Waals surface area (Å²) in [5.41, 5.74) is 4.81. The first-order valence-electron chi connectivity index (χ1n) is 7.68. The van der Waals surface area contributed by atoms with Crippen molar-refractivity contribution in [3.8, 4) is 0 Å². The van der Waals surface area contributed by atoms with E-state index in [1.165, 1.54) is 29.7 Å². The van der Waals surface area contributed by atoms with Gasteiger partial charge in [-0.3, -0.25) is 0 Å². The van der Waals surface area contributed by atoms with Gasteiger partial charge in [0.2, 0.25) is 0 Å². The van der Waals surface area contributed by atoms with Gasteiger partial charge in [-0.05, 0) is 30.4 Å². The summed E-state index contributed by atoms with van der Waals surface area (Å²) in [6.07, 6.45) is 4.64. The number of benzene rings is 2. The molecule has 2 aromatic rings. The molecule has 1 atom stereocenters. The molecule has 0 spiro atoms. The quantitative estimate of drug-likeness (QED) is 0.777. The highest BCUT2D eigenvalue weighted by Gasteiger charge is 2.47. The van der Waals surface area contributed by atoms with Gasteiger partial charge in [0, 0.05) is 0 Å². The fraction of sp³-hybridized carbons (Fsp3) is 0.263. The lowest BCUT2D eigenvalue weighted by Gasteiger charge is -2.36. The van der Waals surface area contributed by atoms with Crippen molar-refractivity contribution in [1.29, 1.82) is 0 Å². The van der Waals surface area contributed by atoms with Crippen LogP contribution in [0.15, 0.2) is 70.9 Å². The second kappa shape index (κ2) is 4.96. The second-order valence-electron chi connectivity index (χ2n) is 5.84. The van der Waals surface area contributed by atoms with Crippen LogP contribution in [0.5, 0.6) is 0 Å². The molecule has 1 saturated carbocycles. The van der Waals surface area contributed by atoms with Crippen molar-refractivity contribution < 1.29 is 0 Å². The van der Waals surface area contributed by atoms with E-state index < -0.39 is 0 Å². The van der Waals surface area contributed by atoms with Crippen LogP contribution in [0.1, 0.15) is 36.8 Å². The predicted octanol–water partition coefficient (Wildman–Crippen LogP) is 4.36. The molecule has 2 nitrogen and oxygen atoms in total. The Morgan fingerprint density at radius 2 is 1.48 bits per heavy atom. The van der Waals surface area contributed by atoms with Gasteiger partial charge < -0.3 is 0 Å². The highest BCUT2D eigenvalue weighted by atomic mass is 15.2. The maximum Gasteiger partial charge on any atom is 0.0865 e. The second-order valence-corrected chi connectivity index (χ2v) is 5.84. The van der Waals surface area contributed by atoms with E-state index in [9.17, 15) is 0 Å². The zero-order chi connectivity index (χ0) is 14.1. The molecule has 1 unspecified atom stereocenters. The minimum atomic E-state index is -0.0964. The van der Waals surface area contributed by atoms with Crippen LogP contribution in [0.4, 0.5) is 0 Å². The van der Waals surface area contributed by atoms with Crippen LogP contribution in [0.25, 0.3) is 0 Å². The normalized spacial score (nSPS) is 24.2. The van der Waals surface area contributed by atoms with Crippen LogP contribution >= 0.6 is 0 Å². The van der Waals surface area contributed by atoms with Gasteiger partial charge in [-0.1, -0.05) is 67.1 Å². The third kappa shape index (κ3) is 1.86. The first kappa shape index (κ1) is 12.5. The number of fused-ring (bicyclic) bond motifs is 1. The average Bonchev–Trinajstić information content (AvgIpc) is 2.97. The molecule has 2 aromatic carbocycles. The molecule has 2 aliphatic rings. The molecule has 1 aliphatic heterocycles. The van der Waals surface area contributed by atoms with E-state index in [2.05, 4.69) is 70.9 Å². The minimum Gasteiger partial charge on any atom is -0.158 e. The molecule has 0 radical (unpaired) electrons. The molecule has 0 N–H and O–H groups in total. The van der Waals surface area contributed by atoms with Gasteiger partial charge in [0.25, 0.3) is 0 Å². The number of rotatable bonds is 2. The maximum absolute atomic E-state index is 4.60. The topological polar surface area (TPSA) is 24.7 Å². The smallest absolute Gasteiger partial charge is 0.0865 e. The summed E-state index contributed by atoms with van der Waals surface area (Å²) in [5.74, 6) is 0. The van der Waals surface area contributed by atoms with Crippen LogP contribution in [0, 0.1) is 0 Å². The molecule has 0 saturated heterocycles. The van der Waals surface area contributed by atoms with Crippen molar-refractivity contribution in [3.05, 3.63) is 71.8 Å². The standard InChI is InChI=1S/C19H18N2/c1-3-9-15(10-4-1)18-19(16-11-5-2-6-12-16)14-8-7-13-17(19)20-21-18/h1-6,9-12H,7-8,13-14H2. The maximum atomic E-state index is 4.60. The fourth-order valence-corrected chi connectivity index (χ4v) is 3.70. The van der Waals surface area contributed by atoms with E-state index in [-0.39, 0.29) is 5.41 Å². The van der Waals surface area contributed by atoms with E-state index in [1.54, 1.807) is 0 Å². The van der Waals surface area contributed by atoms with E-state index >= 15 is 0 Å². The lowest BCUT2D eigenvalue weighted by Crippen LogP contribution is -2.43. The Balaban J connectivity index is 1.89. The Morgan fingerprint density at radius 1 is 0.762 bits per heavy atom. The first-order chi connectivity index (χ1) is 10.4. The van der Waals surface area contributed by atoms with Crippen molar-refractivity contribution in [2.24, 2.45) is 10.2 Å². The van der Waals surface area contributed by atoms with Gasteiger partial charge in [-0.15, -0.1) is 0 Å². The Hall–Kier alpha value is -2.22. The summed E-state index contributed by atoms with van der Waals surface area (Å²) in [4.78, 5) is 0. The summed E-state index contributed by atoms with van der Waals surface area (Å²) in [5, 5.41) is 9.17. The van der Waals surface area contributed by atoms with E-state index in [4.69, 9.17) is 0 Å². The Bertz CT molecular complexity index is 701. The lowest BCUT2D eigenvalue weighted by molar-refractivity contribution is 0.561. The van der Waals surface area contributed by atoms with Crippen LogP contribution in [0.3, 0.4) is 0 Å². The molecule has 1 heterocycles. The van der Waals surface area contributed by atoms with Crippen LogP contribution in [0.2, 0.25) is 0 Å². The number of hydrogen-bond acceptors (Lipinski definition) is 2. The predicted molar refractivity (Wildman–Crippen MR) is 87.0 cm³/mol. The molecule has 1 aliphatic carbocycles. The fourth-order valence-electron chi connectivity index (χ4n) is 3.70. The van der Waals surface area contributed by atoms with Gasteiger partial charge in [0.1, 0.15) is 0 Å². The van der Waals surface area contributed by atoms with E-state index in [1.807, 2.05) is 0 Å². The van der Waals surface area contributed by atoms with Crippen LogP contribution < -0.4 is 0 Å². The van der Waals surface area contributed by atoms with Crippen molar-refractivity contribution >= 4 is 11.4 Å². The summed E-state index contributed by atoms with van der Waals surface area (Å²) in [6.45, 7) is 0. The Labute approximate surface area is 125 Å². The molecule has 104 valence electrons. The minimum absolute atomic E-state index is 0.0964. The largest absolute Gasteiger partial charge is 0.158 e. The molecule has 0 bridgehead atoms. The molecule has 2 heteroatoms. The van der Waals surface area contributed by atoms with Gasteiger partial charge in [0.05, 0.1) is 16.8 Å². The molecule has 0 amide bonds. The zero-order valence-corrected chi connectivity index (χ0v) is 12.0. The van der Waals surface area contributed by atoms with Gasteiger partial charge in [-0.2, -0.15) is 10.2 Å². The van der Waals surface area contributed by atoms with Crippen molar-refractivity contribution in [1.82, 2.24) is 0 Å². The molecule has 1 fully saturated rings. The summed E-state index contributed by atoms with van der Waals surface area (Å²) >= 11 is 0. The Kier molecular flexibility index (Phi) is 2.95. The Morgan fingerprint density at radius 3 is 2.24 bits per heavy atom. The third-order valence-electron chi connectivity index (χ3n) is 4.70. The summed E-state index contributed by atoms with van der Waals surface area (Å²) in [7, 11) is 0. The molecular weight excluding hydrogens is 256 g/mol. The molecule has 0 aromatic heterocycles. The van der Waals surface area contributed by atoms with Gasteiger partial charge in [0.15, 0.2) is 0 Å². The van der Waals surface area contributed by atoms with Gasteiger partial charge >= 0.3 is 0 Å². The van der Waals surface area contributed by atoms with Crippen LogP contribution in [-0.4, -0.2) is 11.4 Å².